The van der Waals surface area contributed by atoms with Crippen molar-refractivity contribution in [3.8, 4) is 5.75 Å². The van der Waals surface area contributed by atoms with E-state index in [1.54, 1.807) is 11.9 Å². The van der Waals surface area contributed by atoms with Gasteiger partial charge in [-0.1, -0.05) is 29.8 Å². The molecule has 3 atom stereocenters. The largest absolute Gasteiger partial charge is 0.507 e. The van der Waals surface area contributed by atoms with Crippen molar-refractivity contribution in [2.24, 2.45) is 5.92 Å². The number of rotatable bonds is 3. The topological polar surface area (TPSA) is 99.8 Å². The van der Waals surface area contributed by atoms with E-state index in [4.69, 9.17) is 4.42 Å². The van der Waals surface area contributed by atoms with E-state index < -0.39 is 51.8 Å². The quantitative estimate of drug-likeness (QED) is 0.578. The lowest BCUT2D eigenvalue weighted by Gasteiger charge is -2.35. The third-order valence-electron chi connectivity index (χ3n) is 7.00. The number of carbonyl (C=O) groups is 2. The summed E-state index contributed by atoms with van der Waals surface area (Å²) in [7, 11) is 1.70. The van der Waals surface area contributed by atoms with Crippen LogP contribution in [0.15, 0.2) is 57.7 Å². The lowest BCUT2D eigenvalue weighted by Crippen LogP contribution is -2.51. The van der Waals surface area contributed by atoms with Crippen LogP contribution in [0.4, 0.5) is 10.1 Å². The summed E-state index contributed by atoms with van der Waals surface area (Å²) in [6.07, 6.45) is 0. The zero-order chi connectivity index (χ0) is 24.4. The summed E-state index contributed by atoms with van der Waals surface area (Å²) >= 11 is 0. The second-order valence-corrected chi connectivity index (χ2v) is 9.05. The normalized spacial score (nSPS) is 23.8. The minimum absolute atomic E-state index is 0.151. The lowest BCUT2D eigenvalue weighted by atomic mass is 9.70. The molecular formula is C26H23FN2O5. The van der Waals surface area contributed by atoms with Gasteiger partial charge in [0.05, 0.1) is 5.92 Å². The van der Waals surface area contributed by atoms with Gasteiger partial charge >= 0.3 is 5.63 Å². The Morgan fingerprint density at radius 2 is 1.85 bits per heavy atom. The fourth-order valence-electron chi connectivity index (χ4n) is 5.50. The highest BCUT2D eigenvalue weighted by molar-refractivity contribution is 6.12. The van der Waals surface area contributed by atoms with Crippen molar-refractivity contribution in [3.05, 3.63) is 92.8 Å². The molecule has 0 aliphatic carbocycles. The molecule has 3 heterocycles. The molecule has 0 saturated carbocycles. The van der Waals surface area contributed by atoms with E-state index in [2.05, 4.69) is 5.32 Å². The van der Waals surface area contributed by atoms with Crippen molar-refractivity contribution in [3.63, 3.8) is 0 Å². The maximum atomic E-state index is 14.4. The number of hydrogen-bond donors (Lipinski definition) is 2. The van der Waals surface area contributed by atoms with Crippen molar-refractivity contribution in [2.75, 3.05) is 18.9 Å². The number of aromatic hydroxyl groups is 1. The van der Waals surface area contributed by atoms with E-state index in [1.807, 2.05) is 31.2 Å². The first-order valence-electron chi connectivity index (χ1n) is 10.9. The van der Waals surface area contributed by atoms with Gasteiger partial charge in [-0.25, -0.2) is 9.18 Å². The van der Waals surface area contributed by atoms with Crippen molar-refractivity contribution < 1.29 is 23.5 Å². The van der Waals surface area contributed by atoms with Crippen LogP contribution >= 0.6 is 0 Å². The van der Waals surface area contributed by atoms with Crippen LogP contribution in [0.1, 0.15) is 38.7 Å². The summed E-state index contributed by atoms with van der Waals surface area (Å²) in [4.78, 5) is 42.1. The molecule has 7 nitrogen and oxygen atoms in total. The number of likely N-dealkylation sites (N-methyl/N-ethyl adjacent to an activating group) is 1. The van der Waals surface area contributed by atoms with Gasteiger partial charge in [-0.3, -0.25) is 14.5 Å². The van der Waals surface area contributed by atoms with Crippen molar-refractivity contribution >= 4 is 17.4 Å². The fourth-order valence-corrected chi connectivity index (χ4v) is 5.50. The van der Waals surface area contributed by atoms with Gasteiger partial charge in [0.2, 0.25) is 5.91 Å². The molecule has 1 amide bonds. The van der Waals surface area contributed by atoms with Crippen LogP contribution in [-0.4, -0.2) is 35.3 Å². The van der Waals surface area contributed by atoms with Crippen LogP contribution in [0.5, 0.6) is 5.75 Å². The summed E-state index contributed by atoms with van der Waals surface area (Å²) in [5, 5.41) is 13.3. The monoisotopic (exact) mass is 462 g/mol. The van der Waals surface area contributed by atoms with Gasteiger partial charge < -0.3 is 14.8 Å². The number of aryl methyl sites for hydroxylation is 2. The molecule has 34 heavy (non-hydrogen) atoms. The molecule has 0 unspecified atom stereocenters. The SMILES string of the molecule is Cc1ccc([C@@H]2CN(C)[C@]3(C(=O)Nc4ccc(F)cc43)[C@H]2C(=O)c2c(O)cc(C)oc2=O)cc1. The predicted molar refractivity (Wildman–Crippen MR) is 122 cm³/mol. The molecule has 174 valence electrons. The Bertz CT molecular complexity index is 1400. The standard InChI is InChI=1S/C26H23FN2O5/c1-13-4-6-15(7-5-13)17-12-29(3)26(18-11-16(27)8-9-19(18)28-25(26)33)22(17)23(31)21-20(30)10-14(2)34-24(21)32/h4-11,17,22,30H,12H2,1-3H3,(H,28,33)/t17-,22+,26-/m0/s1. The number of nitrogens with one attached hydrogen (secondary N) is 1. The van der Waals surface area contributed by atoms with Crippen molar-refractivity contribution in [2.45, 2.75) is 25.3 Å². The smallest absolute Gasteiger partial charge is 0.350 e. The van der Waals surface area contributed by atoms with E-state index >= 15 is 0 Å². The second-order valence-electron chi connectivity index (χ2n) is 9.05. The molecular weight excluding hydrogens is 439 g/mol. The Balaban J connectivity index is 1.78. The zero-order valence-corrected chi connectivity index (χ0v) is 18.9. The van der Waals surface area contributed by atoms with Gasteiger partial charge in [-0.15, -0.1) is 0 Å². The first-order valence-corrected chi connectivity index (χ1v) is 10.9. The molecule has 1 aromatic heterocycles. The molecule has 1 saturated heterocycles. The van der Waals surface area contributed by atoms with Gasteiger partial charge in [-0.05, 0) is 44.7 Å². The number of fused-ring (bicyclic) bond motifs is 2. The van der Waals surface area contributed by atoms with E-state index in [1.165, 1.54) is 31.2 Å². The van der Waals surface area contributed by atoms with E-state index in [9.17, 15) is 23.9 Å². The number of carbonyl (C=O) groups excluding carboxylic acids is 2. The van der Waals surface area contributed by atoms with Crippen LogP contribution < -0.4 is 10.9 Å². The zero-order valence-electron chi connectivity index (χ0n) is 18.9. The minimum atomic E-state index is -1.58. The average molecular weight is 462 g/mol. The highest BCUT2D eigenvalue weighted by Gasteiger charge is 2.64. The Labute approximate surface area is 194 Å². The molecule has 8 heteroatoms. The van der Waals surface area contributed by atoms with Gasteiger partial charge in [0.25, 0.3) is 0 Å². The first-order chi connectivity index (χ1) is 16.1. The molecule has 1 fully saturated rings. The minimum Gasteiger partial charge on any atom is -0.507 e. The summed E-state index contributed by atoms with van der Waals surface area (Å²) in [5.41, 5.74) is -0.525. The van der Waals surface area contributed by atoms with Gasteiger partial charge in [-0.2, -0.15) is 0 Å². The average Bonchev–Trinajstić information content (AvgIpc) is 3.23. The number of amides is 1. The van der Waals surface area contributed by atoms with Crippen molar-refractivity contribution in [1.82, 2.24) is 4.90 Å². The molecule has 0 radical (unpaired) electrons. The van der Waals surface area contributed by atoms with Crippen LogP contribution in [-0.2, 0) is 10.3 Å². The van der Waals surface area contributed by atoms with E-state index in [-0.39, 0.29) is 5.76 Å². The molecule has 2 aliphatic rings. The Hall–Kier alpha value is -3.78. The predicted octanol–water partition coefficient (Wildman–Crippen LogP) is 3.48. The maximum absolute atomic E-state index is 14.4. The molecule has 2 aliphatic heterocycles. The number of halogens is 1. The van der Waals surface area contributed by atoms with Crippen LogP contribution in [0.2, 0.25) is 0 Å². The Kier molecular flexibility index (Phi) is 4.95. The van der Waals surface area contributed by atoms with Gasteiger partial charge in [0, 0.05) is 29.8 Å². The van der Waals surface area contributed by atoms with Crippen molar-refractivity contribution in [1.29, 1.82) is 0 Å². The Morgan fingerprint density at radius 3 is 2.53 bits per heavy atom. The number of hydrogen-bond acceptors (Lipinski definition) is 6. The summed E-state index contributed by atoms with van der Waals surface area (Å²) in [6.45, 7) is 3.72. The van der Waals surface area contributed by atoms with Gasteiger partial charge in [0.1, 0.15) is 28.4 Å². The van der Waals surface area contributed by atoms with E-state index in [0.29, 0.717) is 17.8 Å². The number of ketones is 1. The molecule has 3 aromatic rings. The maximum Gasteiger partial charge on any atom is 0.350 e. The number of likely N-dealkylation sites (tertiary alicyclic amines) is 1. The molecule has 0 bridgehead atoms. The molecule has 2 aromatic carbocycles. The summed E-state index contributed by atoms with van der Waals surface area (Å²) < 4.78 is 19.5. The lowest BCUT2D eigenvalue weighted by molar-refractivity contribution is -0.126. The molecule has 1 spiro atoms. The van der Waals surface area contributed by atoms with Crippen LogP contribution in [0.25, 0.3) is 0 Å². The fraction of sp³-hybridized carbons (Fsp3) is 0.269. The number of nitrogens with zero attached hydrogens (tertiary/aromatic N) is 1. The second kappa shape index (κ2) is 7.63. The highest BCUT2D eigenvalue weighted by Crippen LogP contribution is 2.55. The number of Topliss-reactive ketones (excluding diaryl/α,β-unsaturated/α-hetero) is 1. The van der Waals surface area contributed by atoms with Gasteiger partial charge in [0.15, 0.2) is 5.78 Å². The molecule has 5 rings (SSSR count). The third kappa shape index (κ3) is 3.02. The third-order valence-corrected chi connectivity index (χ3v) is 7.00. The van der Waals surface area contributed by atoms with Crippen LogP contribution in [0, 0.1) is 25.6 Å². The first kappa shape index (κ1) is 22.0. The number of benzene rings is 2. The Morgan fingerprint density at radius 1 is 1.15 bits per heavy atom. The highest BCUT2D eigenvalue weighted by atomic mass is 19.1. The summed E-state index contributed by atoms with van der Waals surface area (Å²) in [5.74, 6) is -3.76. The number of anilines is 1. The summed E-state index contributed by atoms with van der Waals surface area (Å²) in [6, 6.07) is 12.7. The van der Waals surface area contributed by atoms with E-state index in [0.717, 1.165) is 11.1 Å². The molecule has 2 N–H and O–H groups in total. The van der Waals surface area contributed by atoms with Crippen LogP contribution in [0.3, 0.4) is 0 Å².